The lowest BCUT2D eigenvalue weighted by atomic mass is 10.0. The van der Waals surface area contributed by atoms with Crippen LogP contribution in [0.1, 0.15) is 50.1 Å². The highest BCUT2D eigenvalue weighted by Crippen LogP contribution is 2.67. The second kappa shape index (κ2) is 3.71. The Kier molecular flexibility index (Phi) is 2.76. The largest absolute Gasteiger partial charge is 0.435 e. The van der Waals surface area contributed by atoms with Crippen molar-refractivity contribution >= 4 is 0 Å². The van der Waals surface area contributed by atoms with Gasteiger partial charge >= 0.3 is 6.18 Å². The van der Waals surface area contributed by atoms with Crippen molar-refractivity contribution in [1.29, 1.82) is 0 Å². The van der Waals surface area contributed by atoms with Gasteiger partial charge in [-0.05, 0) is 19.3 Å². The van der Waals surface area contributed by atoms with Crippen molar-refractivity contribution in [3.63, 3.8) is 0 Å². The Morgan fingerprint density at radius 1 is 1.33 bits per heavy atom. The van der Waals surface area contributed by atoms with E-state index in [1.807, 2.05) is 13.8 Å². The Balaban J connectivity index is 0.000000574. The molecule has 1 fully saturated rings. The molecule has 0 amide bonds. The number of aromatic nitrogens is 2. The lowest BCUT2D eigenvalue weighted by Gasteiger charge is -2.17. The zero-order chi connectivity index (χ0) is 13.9. The number of aryl methyl sites for hydroxylation is 1. The van der Waals surface area contributed by atoms with Gasteiger partial charge in [0.2, 0.25) is 0 Å². The molecule has 2 aliphatic rings. The predicted molar refractivity (Wildman–Crippen MR) is 58.9 cm³/mol. The number of halogens is 4. The van der Waals surface area contributed by atoms with Gasteiger partial charge in [-0.25, -0.2) is 4.39 Å². The van der Waals surface area contributed by atoms with E-state index in [-0.39, 0.29) is 23.1 Å². The summed E-state index contributed by atoms with van der Waals surface area (Å²) in [5.74, 6) is -0.567. The summed E-state index contributed by atoms with van der Waals surface area (Å²) >= 11 is 0. The Hall–Kier alpha value is -1.07. The molecule has 2 aliphatic carbocycles. The van der Waals surface area contributed by atoms with Gasteiger partial charge in [0, 0.05) is 18.5 Å². The van der Waals surface area contributed by atoms with E-state index in [1.165, 1.54) is 14.0 Å². The number of fused-ring (bicyclic) bond motifs is 3. The maximum atomic E-state index is 14.3. The molecule has 0 N–H and O–H groups in total. The van der Waals surface area contributed by atoms with Gasteiger partial charge < -0.3 is 0 Å². The van der Waals surface area contributed by atoms with Crippen LogP contribution in [0.4, 0.5) is 17.6 Å². The first kappa shape index (κ1) is 13.4. The van der Waals surface area contributed by atoms with Crippen molar-refractivity contribution in [3.05, 3.63) is 17.0 Å². The summed E-state index contributed by atoms with van der Waals surface area (Å²) in [5, 5.41) is 3.43. The fourth-order valence-electron chi connectivity index (χ4n) is 2.97. The van der Waals surface area contributed by atoms with Crippen molar-refractivity contribution in [2.24, 2.45) is 13.0 Å². The monoisotopic (exact) mass is 264 g/mol. The van der Waals surface area contributed by atoms with Crippen LogP contribution >= 0.6 is 0 Å². The van der Waals surface area contributed by atoms with Gasteiger partial charge in [-0.2, -0.15) is 18.3 Å². The second-order valence-electron chi connectivity index (χ2n) is 4.76. The van der Waals surface area contributed by atoms with Crippen LogP contribution in [0.2, 0.25) is 0 Å². The molecule has 1 aromatic heterocycles. The zero-order valence-corrected chi connectivity index (χ0v) is 10.8. The summed E-state index contributed by atoms with van der Waals surface area (Å²) in [6.07, 6.45) is -3.98. The smallest absolute Gasteiger partial charge is 0.268 e. The Morgan fingerprint density at radius 2 is 1.89 bits per heavy atom. The molecular formula is C12H16F4N2. The summed E-state index contributed by atoms with van der Waals surface area (Å²) in [5.41, 5.74) is -2.37. The fraction of sp³-hybridized carbons (Fsp3) is 0.750. The molecule has 0 radical (unpaired) electrons. The molecule has 3 unspecified atom stereocenters. The van der Waals surface area contributed by atoms with Crippen LogP contribution in [0.15, 0.2) is 0 Å². The van der Waals surface area contributed by atoms with Gasteiger partial charge in [0.1, 0.15) is 0 Å². The minimum Gasteiger partial charge on any atom is -0.268 e. The highest BCUT2D eigenvalue weighted by Gasteiger charge is 2.64. The van der Waals surface area contributed by atoms with E-state index < -0.39 is 17.5 Å². The standard InChI is InChI=1S/C10H10F4N2.C2H6/c1-9(11)5-3-4(5)6-7(10(12,13)14)15-16(2)8(6)9;1-2/h4-5H,3H2,1-2H3;1-2H3. The maximum Gasteiger partial charge on any atom is 0.435 e. The van der Waals surface area contributed by atoms with Crippen molar-refractivity contribution < 1.29 is 17.6 Å². The third-order valence-electron chi connectivity index (χ3n) is 3.67. The van der Waals surface area contributed by atoms with Crippen LogP contribution in [0, 0.1) is 5.92 Å². The molecule has 0 saturated heterocycles. The van der Waals surface area contributed by atoms with Gasteiger partial charge in [-0.1, -0.05) is 13.8 Å². The van der Waals surface area contributed by atoms with Crippen molar-refractivity contribution in [3.8, 4) is 0 Å². The first-order valence-electron chi connectivity index (χ1n) is 6.08. The Labute approximate surface area is 103 Å². The van der Waals surface area contributed by atoms with Crippen LogP contribution in [0.5, 0.6) is 0 Å². The molecule has 0 aliphatic heterocycles. The minimum absolute atomic E-state index is 0.0880. The van der Waals surface area contributed by atoms with Crippen LogP contribution in [0.25, 0.3) is 0 Å². The molecule has 6 heteroatoms. The van der Waals surface area contributed by atoms with Gasteiger partial charge in [0.05, 0.1) is 5.69 Å². The highest BCUT2D eigenvalue weighted by molar-refractivity contribution is 5.47. The fourth-order valence-corrected chi connectivity index (χ4v) is 2.97. The quantitative estimate of drug-likeness (QED) is 0.652. The lowest BCUT2D eigenvalue weighted by molar-refractivity contribution is -0.142. The van der Waals surface area contributed by atoms with E-state index in [9.17, 15) is 17.6 Å². The SMILES string of the molecule is CC.Cn1nc(C(F)(F)F)c2c1C(C)(F)C1CC21. The summed E-state index contributed by atoms with van der Waals surface area (Å²) in [6, 6.07) is 0. The number of hydrogen-bond donors (Lipinski definition) is 0. The van der Waals surface area contributed by atoms with Crippen molar-refractivity contribution in [1.82, 2.24) is 9.78 Å². The molecule has 0 bridgehead atoms. The average Bonchev–Trinajstić information content (AvgIpc) is 2.92. The maximum absolute atomic E-state index is 14.3. The molecule has 0 aromatic carbocycles. The van der Waals surface area contributed by atoms with E-state index in [0.29, 0.717) is 6.42 Å². The highest BCUT2D eigenvalue weighted by atomic mass is 19.4. The molecule has 3 atom stereocenters. The van der Waals surface area contributed by atoms with Crippen LogP contribution in [-0.2, 0) is 18.9 Å². The van der Waals surface area contributed by atoms with Crippen molar-refractivity contribution in [2.75, 3.05) is 0 Å². The molecule has 0 spiro atoms. The summed E-state index contributed by atoms with van der Waals surface area (Å²) in [6.45, 7) is 5.35. The third-order valence-corrected chi connectivity index (χ3v) is 3.67. The molecule has 2 nitrogen and oxygen atoms in total. The summed E-state index contributed by atoms with van der Waals surface area (Å²) in [4.78, 5) is 0. The number of hydrogen-bond acceptors (Lipinski definition) is 1. The van der Waals surface area contributed by atoms with E-state index in [1.54, 1.807) is 0 Å². The lowest BCUT2D eigenvalue weighted by Crippen LogP contribution is -2.19. The van der Waals surface area contributed by atoms with Gasteiger partial charge in [-0.15, -0.1) is 0 Å². The molecule has 1 aromatic rings. The minimum atomic E-state index is -4.49. The van der Waals surface area contributed by atoms with Gasteiger partial charge in [-0.3, -0.25) is 4.68 Å². The molecule has 1 saturated carbocycles. The van der Waals surface area contributed by atoms with E-state index in [0.717, 1.165) is 4.68 Å². The molecular weight excluding hydrogens is 248 g/mol. The average molecular weight is 264 g/mol. The molecule has 1 heterocycles. The topological polar surface area (TPSA) is 17.8 Å². The van der Waals surface area contributed by atoms with Crippen LogP contribution in [0.3, 0.4) is 0 Å². The van der Waals surface area contributed by atoms with Crippen LogP contribution < -0.4 is 0 Å². The molecule has 18 heavy (non-hydrogen) atoms. The van der Waals surface area contributed by atoms with E-state index in [2.05, 4.69) is 5.10 Å². The number of alkyl halides is 4. The van der Waals surface area contributed by atoms with Gasteiger partial charge in [0.15, 0.2) is 11.4 Å². The van der Waals surface area contributed by atoms with Gasteiger partial charge in [0.25, 0.3) is 0 Å². The zero-order valence-electron chi connectivity index (χ0n) is 10.8. The summed E-state index contributed by atoms with van der Waals surface area (Å²) in [7, 11) is 1.37. The normalized spacial score (nSPS) is 32.4. The predicted octanol–water partition coefficient (Wildman–Crippen LogP) is 3.77. The first-order chi connectivity index (χ1) is 8.24. The Bertz CT molecular complexity index is 473. The molecule has 102 valence electrons. The number of nitrogens with zero attached hydrogens (tertiary/aromatic N) is 2. The first-order valence-corrected chi connectivity index (χ1v) is 6.08. The van der Waals surface area contributed by atoms with Crippen molar-refractivity contribution in [2.45, 2.75) is 45.0 Å². The van der Waals surface area contributed by atoms with E-state index >= 15 is 0 Å². The third kappa shape index (κ3) is 1.57. The molecule has 3 rings (SSSR count). The number of rotatable bonds is 0. The van der Waals surface area contributed by atoms with E-state index in [4.69, 9.17) is 0 Å². The second-order valence-corrected chi connectivity index (χ2v) is 4.76. The van der Waals surface area contributed by atoms with Crippen LogP contribution in [-0.4, -0.2) is 9.78 Å². The Morgan fingerprint density at radius 3 is 2.39 bits per heavy atom. The summed E-state index contributed by atoms with van der Waals surface area (Å²) < 4.78 is 53.4.